The number of amides is 1. The molecule has 132 valence electrons. The molecule has 1 aliphatic heterocycles. The maximum Gasteiger partial charge on any atom is 0.410 e. The number of nitro benzene ring substituents is 1. The monoisotopic (exact) mass is 335 g/mol. The highest BCUT2D eigenvalue weighted by Crippen LogP contribution is 2.32. The summed E-state index contributed by atoms with van der Waals surface area (Å²) in [5, 5.41) is 11.2. The molecule has 2 rings (SSSR count). The van der Waals surface area contributed by atoms with Crippen LogP contribution in [0.1, 0.15) is 31.9 Å². The first-order valence-electron chi connectivity index (χ1n) is 8.07. The number of aryl methyl sites for hydroxylation is 1. The van der Waals surface area contributed by atoms with E-state index in [1.165, 1.54) is 0 Å². The van der Waals surface area contributed by atoms with Gasteiger partial charge >= 0.3 is 6.09 Å². The minimum Gasteiger partial charge on any atom is -0.444 e. The Morgan fingerprint density at radius 1 is 1.17 bits per heavy atom. The van der Waals surface area contributed by atoms with Crippen LogP contribution in [0.5, 0.6) is 0 Å². The van der Waals surface area contributed by atoms with Crippen LogP contribution in [0.25, 0.3) is 0 Å². The molecule has 1 aromatic carbocycles. The van der Waals surface area contributed by atoms with Crippen molar-refractivity contribution < 1.29 is 14.5 Å². The molecule has 24 heavy (non-hydrogen) atoms. The Bertz CT molecular complexity index is 644. The molecule has 0 radical (unpaired) electrons. The van der Waals surface area contributed by atoms with E-state index < -0.39 is 5.60 Å². The lowest BCUT2D eigenvalue weighted by atomic mass is 10.0. The standard InChI is InChI=1S/C17H25N3O4/c1-12-6-7-14(20(22)23)13(2)15(12)18-8-10-19(11-9-18)16(21)24-17(3,4)5/h6-7H,8-11H2,1-5H3. The second kappa shape index (κ2) is 6.67. The number of nitrogens with zero attached hydrogens (tertiary/aromatic N) is 3. The highest BCUT2D eigenvalue weighted by atomic mass is 16.6. The van der Waals surface area contributed by atoms with Gasteiger partial charge in [0.2, 0.25) is 0 Å². The average molecular weight is 335 g/mol. The zero-order chi connectivity index (χ0) is 18.1. The highest BCUT2D eigenvalue weighted by Gasteiger charge is 2.28. The van der Waals surface area contributed by atoms with Crippen molar-refractivity contribution in [2.45, 2.75) is 40.2 Å². The fraction of sp³-hybridized carbons (Fsp3) is 0.588. The second-order valence-corrected chi connectivity index (χ2v) is 7.09. The topological polar surface area (TPSA) is 75.9 Å². The van der Waals surface area contributed by atoms with Crippen LogP contribution in [0.4, 0.5) is 16.2 Å². The van der Waals surface area contributed by atoms with Gasteiger partial charge in [-0.15, -0.1) is 0 Å². The summed E-state index contributed by atoms with van der Waals surface area (Å²) in [6.07, 6.45) is -0.311. The van der Waals surface area contributed by atoms with Gasteiger partial charge in [0.15, 0.2) is 0 Å². The molecule has 7 nitrogen and oxygen atoms in total. The zero-order valence-electron chi connectivity index (χ0n) is 15.0. The lowest BCUT2D eigenvalue weighted by molar-refractivity contribution is -0.385. The van der Waals surface area contributed by atoms with Crippen molar-refractivity contribution in [1.29, 1.82) is 0 Å². The number of rotatable bonds is 2. The van der Waals surface area contributed by atoms with Crippen molar-refractivity contribution >= 4 is 17.5 Å². The number of hydrogen-bond acceptors (Lipinski definition) is 5. The van der Waals surface area contributed by atoms with Gasteiger partial charge in [0.25, 0.3) is 5.69 Å². The number of benzene rings is 1. The summed E-state index contributed by atoms with van der Waals surface area (Å²) in [5.74, 6) is 0. The van der Waals surface area contributed by atoms with Crippen LogP contribution in [0, 0.1) is 24.0 Å². The maximum atomic E-state index is 12.1. The van der Waals surface area contributed by atoms with Crippen LogP contribution < -0.4 is 4.90 Å². The van der Waals surface area contributed by atoms with Crippen molar-refractivity contribution in [2.75, 3.05) is 31.1 Å². The molecule has 1 heterocycles. The Balaban J connectivity index is 2.12. The first kappa shape index (κ1) is 18.0. The van der Waals surface area contributed by atoms with Crippen LogP contribution in [0.2, 0.25) is 0 Å². The average Bonchev–Trinajstić information content (AvgIpc) is 2.45. The number of carbonyl (C=O) groups excluding carboxylic acids is 1. The van der Waals surface area contributed by atoms with Gasteiger partial charge in [0, 0.05) is 37.9 Å². The molecule has 0 unspecified atom stereocenters. The smallest absolute Gasteiger partial charge is 0.410 e. The Morgan fingerprint density at radius 2 is 1.75 bits per heavy atom. The summed E-state index contributed by atoms with van der Waals surface area (Å²) in [6.45, 7) is 11.6. The van der Waals surface area contributed by atoms with E-state index in [0.29, 0.717) is 31.7 Å². The number of piperazine rings is 1. The van der Waals surface area contributed by atoms with Crippen molar-refractivity contribution in [1.82, 2.24) is 4.90 Å². The first-order chi connectivity index (χ1) is 11.1. The summed E-state index contributed by atoms with van der Waals surface area (Å²) in [5.41, 5.74) is 2.19. The molecule has 1 aliphatic rings. The molecule has 1 saturated heterocycles. The summed E-state index contributed by atoms with van der Waals surface area (Å²) in [7, 11) is 0. The minimum atomic E-state index is -0.512. The van der Waals surface area contributed by atoms with Gasteiger partial charge in [0.1, 0.15) is 5.60 Å². The van der Waals surface area contributed by atoms with Crippen molar-refractivity contribution in [3.8, 4) is 0 Å². The van der Waals surface area contributed by atoms with Gasteiger partial charge in [-0.05, 0) is 40.2 Å². The number of anilines is 1. The zero-order valence-corrected chi connectivity index (χ0v) is 15.0. The molecule has 0 aliphatic carbocycles. The Morgan fingerprint density at radius 3 is 2.25 bits per heavy atom. The van der Waals surface area contributed by atoms with Crippen LogP contribution in [-0.2, 0) is 4.74 Å². The number of carbonyl (C=O) groups is 1. The summed E-state index contributed by atoms with van der Waals surface area (Å²) in [6, 6.07) is 3.33. The van der Waals surface area contributed by atoms with E-state index in [4.69, 9.17) is 4.74 Å². The van der Waals surface area contributed by atoms with Crippen LogP contribution in [-0.4, -0.2) is 47.7 Å². The van der Waals surface area contributed by atoms with Gasteiger partial charge in [-0.2, -0.15) is 0 Å². The van der Waals surface area contributed by atoms with E-state index in [0.717, 1.165) is 11.3 Å². The van der Waals surface area contributed by atoms with Crippen molar-refractivity contribution in [3.05, 3.63) is 33.4 Å². The van der Waals surface area contributed by atoms with Gasteiger partial charge < -0.3 is 14.5 Å². The number of hydrogen-bond donors (Lipinski definition) is 0. The predicted octanol–water partition coefficient (Wildman–Crippen LogP) is 3.27. The number of ether oxygens (including phenoxy) is 1. The SMILES string of the molecule is Cc1ccc([N+](=O)[O-])c(C)c1N1CCN(C(=O)OC(C)(C)C)CC1. The normalized spacial score (nSPS) is 15.4. The molecule has 1 amide bonds. The summed E-state index contributed by atoms with van der Waals surface area (Å²) in [4.78, 5) is 26.7. The lowest BCUT2D eigenvalue weighted by Gasteiger charge is -2.37. The van der Waals surface area contributed by atoms with E-state index in [1.807, 2.05) is 27.7 Å². The highest BCUT2D eigenvalue weighted by molar-refractivity contribution is 5.70. The molecule has 0 atom stereocenters. The van der Waals surface area contributed by atoms with Gasteiger partial charge in [0.05, 0.1) is 10.5 Å². The van der Waals surface area contributed by atoms with E-state index in [9.17, 15) is 14.9 Å². The molecule has 0 spiro atoms. The third kappa shape index (κ3) is 3.96. The fourth-order valence-electron chi connectivity index (χ4n) is 2.95. The van der Waals surface area contributed by atoms with E-state index >= 15 is 0 Å². The van der Waals surface area contributed by atoms with Crippen molar-refractivity contribution in [3.63, 3.8) is 0 Å². The van der Waals surface area contributed by atoms with E-state index in [-0.39, 0.29) is 16.7 Å². The molecule has 0 N–H and O–H groups in total. The summed E-state index contributed by atoms with van der Waals surface area (Å²) < 4.78 is 5.40. The molecular weight excluding hydrogens is 310 g/mol. The molecule has 0 bridgehead atoms. The van der Waals surface area contributed by atoms with Crippen LogP contribution in [0.3, 0.4) is 0 Å². The summed E-state index contributed by atoms with van der Waals surface area (Å²) >= 11 is 0. The third-order valence-corrected chi connectivity index (χ3v) is 4.05. The first-order valence-corrected chi connectivity index (χ1v) is 8.07. The van der Waals surface area contributed by atoms with Crippen LogP contribution >= 0.6 is 0 Å². The molecule has 0 saturated carbocycles. The Kier molecular flexibility index (Phi) is 5.01. The predicted molar refractivity (Wildman–Crippen MR) is 92.6 cm³/mol. The molecule has 1 aromatic rings. The van der Waals surface area contributed by atoms with E-state index in [1.54, 1.807) is 24.0 Å². The number of nitro groups is 1. The Labute approximate surface area is 142 Å². The molecule has 7 heteroatoms. The van der Waals surface area contributed by atoms with Gasteiger partial charge in [-0.1, -0.05) is 6.07 Å². The quantitative estimate of drug-likeness (QED) is 0.612. The largest absolute Gasteiger partial charge is 0.444 e. The maximum absolute atomic E-state index is 12.1. The van der Waals surface area contributed by atoms with Gasteiger partial charge in [-0.3, -0.25) is 10.1 Å². The molecular formula is C17H25N3O4. The second-order valence-electron chi connectivity index (χ2n) is 7.09. The minimum absolute atomic E-state index is 0.130. The molecule has 0 aromatic heterocycles. The Hall–Kier alpha value is -2.31. The van der Waals surface area contributed by atoms with Crippen LogP contribution in [0.15, 0.2) is 12.1 Å². The van der Waals surface area contributed by atoms with Gasteiger partial charge in [-0.25, -0.2) is 4.79 Å². The molecule has 1 fully saturated rings. The lowest BCUT2D eigenvalue weighted by Crippen LogP contribution is -2.50. The van der Waals surface area contributed by atoms with Crippen molar-refractivity contribution in [2.24, 2.45) is 0 Å². The fourth-order valence-corrected chi connectivity index (χ4v) is 2.95. The van der Waals surface area contributed by atoms with E-state index in [2.05, 4.69) is 4.90 Å². The third-order valence-electron chi connectivity index (χ3n) is 4.05.